The number of hydrogen-bond donors (Lipinski definition) is 1. The Labute approximate surface area is 133 Å². The number of nitrogens with one attached hydrogen (secondary N) is 1. The number of amides is 1. The van der Waals surface area contributed by atoms with E-state index in [0.717, 1.165) is 33.4 Å². The van der Waals surface area contributed by atoms with Crippen molar-refractivity contribution in [3.63, 3.8) is 0 Å². The van der Waals surface area contributed by atoms with Crippen molar-refractivity contribution >= 4 is 34.5 Å². The molecule has 0 aliphatic carbocycles. The van der Waals surface area contributed by atoms with Crippen molar-refractivity contribution in [2.75, 3.05) is 18.4 Å². The fourth-order valence-corrected chi connectivity index (χ4v) is 3.68. The molecule has 1 aromatic carbocycles. The van der Waals surface area contributed by atoms with Gasteiger partial charge in [0.2, 0.25) is 0 Å². The first kappa shape index (κ1) is 14.4. The number of rotatable bonds is 4. The van der Waals surface area contributed by atoms with Crippen LogP contribution < -0.4 is 5.32 Å². The van der Waals surface area contributed by atoms with Crippen molar-refractivity contribution in [1.29, 1.82) is 0 Å². The predicted molar refractivity (Wildman–Crippen MR) is 88.4 cm³/mol. The lowest BCUT2D eigenvalue weighted by Crippen LogP contribution is -2.30. The first-order valence-corrected chi connectivity index (χ1v) is 8.27. The Morgan fingerprint density at radius 3 is 2.95 bits per heavy atom. The zero-order valence-electron chi connectivity index (χ0n) is 11.9. The number of nitrogens with zero attached hydrogens (tertiary/aromatic N) is 1. The molecule has 1 aliphatic rings. The fraction of sp³-hybridized carbons (Fsp3) is 0.312. The summed E-state index contributed by atoms with van der Waals surface area (Å²) in [5.74, 6) is 0.0803. The van der Waals surface area contributed by atoms with Crippen LogP contribution in [0, 0.1) is 0 Å². The van der Waals surface area contributed by atoms with Gasteiger partial charge in [-0.1, -0.05) is 11.6 Å². The van der Waals surface area contributed by atoms with Gasteiger partial charge in [0.25, 0.3) is 5.91 Å². The minimum Gasteiger partial charge on any atom is -0.384 e. The summed E-state index contributed by atoms with van der Waals surface area (Å²) in [4.78, 5) is 15.6. The summed E-state index contributed by atoms with van der Waals surface area (Å²) in [6, 6.07) is 9.78. The number of carbonyl (C=O) groups excluding carboxylic acids is 1. The highest BCUT2D eigenvalue weighted by Crippen LogP contribution is 2.25. The second-order valence-corrected chi connectivity index (χ2v) is 6.87. The average molecular weight is 321 g/mol. The average Bonchev–Trinajstić information content (AvgIpc) is 3.11. The highest BCUT2D eigenvalue weighted by molar-refractivity contribution is 7.16. The maximum atomic E-state index is 12.7. The van der Waals surface area contributed by atoms with Crippen molar-refractivity contribution in [3.8, 4) is 0 Å². The molecule has 2 heterocycles. The Bertz CT molecular complexity index is 668. The summed E-state index contributed by atoms with van der Waals surface area (Å²) in [6.07, 6.45) is 0.989. The first-order chi connectivity index (χ1) is 10.2. The molecule has 0 radical (unpaired) electrons. The molecular weight excluding hydrogens is 304 g/mol. The van der Waals surface area contributed by atoms with E-state index in [9.17, 15) is 4.79 Å². The lowest BCUT2D eigenvalue weighted by molar-refractivity contribution is 0.0754. The number of carbonyl (C=O) groups is 1. The molecule has 0 unspecified atom stereocenters. The van der Waals surface area contributed by atoms with Crippen molar-refractivity contribution in [2.45, 2.75) is 19.9 Å². The molecule has 1 aromatic heterocycles. The van der Waals surface area contributed by atoms with Gasteiger partial charge >= 0.3 is 0 Å². The quantitative estimate of drug-likeness (QED) is 0.922. The van der Waals surface area contributed by atoms with E-state index >= 15 is 0 Å². The molecule has 1 N–H and O–H groups in total. The third kappa shape index (κ3) is 3.06. The molecule has 0 spiro atoms. The molecule has 0 saturated heterocycles. The molecular formula is C16H17ClN2OS. The summed E-state index contributed by atoms with van der Waals surface area (Å²) in [5, 5.41) is 3.31. The third-order valence-corrected chi connectivity index (χ3v) is 4.92. The molecule has 0 fully saturated rings. The summed E-state index contributed by atoms with van der Waals surface area (Å²) in [7, 11) is 0. The van der Waals surface area contributed by atoms with Gasteiger partial charge in [0.15, 0.2) is 0 Å². The van der Waals surface area contributed by atoms with Gasteiger partial charge in [0.05, 0.1) is 10.9 Å². The lowest BCUT2D eigenvalue weighted by atomic mass is 10.1. The smallest absolute Gasteiger partial charge is 0.254 e. The molecule has 3 nitrogen and oxygen atoms in total. The van der Waals surface area contributed by atoms with Crippen LogP contribution >= 0.6 is 22.9 Å². The minimum atomic E-state index is 0.0803. The molecule has 21 heavy (non-hydrogen) atoms. The molecule has 2 aromatic rings. The standard InChI is InChI=1S/C16H17ClN2OS/c1-2-19(10-13-4-6-15(17)21-13)16(20)12-3-5-14-11(9-12)7-8-18-14/h3-6,9,18H,2,7-8,10H2,1H3. The second kappa shape index (κ2) is 6.08. The molecule has 0 saturated carbocycles. The summed E-state index contributed by atoms with van der Waals surface area (Å²) in [5.41, 5.74) is 3.15. The number of halogens is 1. The van der Waals surface area contributed by atoms with Crippen LogP contribution in [0.3, 0.4) is 0 Å². The Morgan fingerprint density at radius 1 is 1.38 bits per heavy atom. The van der Waals surface area contributed by atoms with Gasteiger partial charge in [-0.15, -0.1) is 11.3 Å². The molecule has 1 amide bonds. The number of thiophene rings is 1. The van der Waals surface area contributed by atoms with Gasteiger partial charge in [-0.3, -0.25) is 4.79 Å². The van der Waals surface area contributed by atoms with Crippen LogP contribution in [0.25, 0.3) is 0 Å². The van der Waals surface area contributed by atoms with E-state index < -0.39 is 0 Å². The normalized spacial score (nSPS) is 12.9. The Hall–Kier alpha value is -1.52. The monoisotopic (exact) mass is 320 g/mol. The number of anilines is 1. The van der Waals surface area contributed by atoms with Gasteiger partial charge in [-0.2, -0.15) is 0 Å². The van der Waals surface area contributed by atoms with Crippen LogP contribution in [0.2, 0.25) is 4.34 Å². The van der Waals surface area contributed by atoms with Crippen LogP contribution in [0.5, 0.6) is 0 Å². The zero-order valence-corrected chi connectivity index (χ0v) is 13.4. The molecule has 1 aliphatic heterocycles. The van der Waals surface area contributed by atoms with Crippen molar-refractivity contribution < 1.29 is 4.79 Å². The van der Waals surface area contributed by atoms with Gasteiger partial charge in [-0.05, 0) is 49.2 Å². The zero-order chi connectivity index (χ0) is 14.8. The fourth-order valence-electron chi connectivity index (χ4n) is 2.57. The highest BCUT2D eigenvalue weighted by Gasteiger charge is 2.18. The van der Waals surface area contributed by atoms with Crippen LogP contribution in [0.1, 0.15) is 27.7 Å². The largest absolute Gasteiger partial charge is 0.384 e. The Balaban J connectivity index is 1.78. The van der Waals surface area contributed by atoms with Gasteiger partial charge in [-0.25, -0.2) is 0 Å². The van der Waals surface area contributed by atoms with E-state index in [2.05, 4.69) is 5.32 Å². The highest BCUT2D eigenvalue weighted by atomic mass is 35.5. The van der Waals surface area contributed by atoms with E-state index in [-0.39, 0.29) is 5.91 Å². The van der Waals surface area contributed by atoms with E-state index in [1.807, 2.05) is 42.2 Å². The Morgan fingerprint density at radius 2 is 2.24 bits per heavy atom. The number of fused-ring (bicyclic) bond motifs is 1. The Kier molecular flexibility index (Phi) is 4.17. The van der Waals surface area contributed by atoms with E-state index in [0.29, 0.717) is 13.1 Å². The van der Waals surface area contributed by atoms with Gasteiger partial charge in [0, 0.05) is 29.2 Å². The predicted octanol–water partition coefficient (Wildman–Crippen LogP) is 4.03. The van der Waals surface area contributed by atoms with E-state index in [1.165, 1.54) is 16.9 Å². The topological polar surface area (TPSA) is 32.3 Å². The first-order valence-electron chi connectivity index (χ1n) is 7.07. The summed E-state index contributed by atoms with van der Waals surface area (Å²) in [6.45, 7) is 4.26. The molecule has 0 bridgehead atoms. The summed E-state index contributed by atoms with van der Waals surface area (Å²) < 4.78 is 0.761. The van der Waals surface area contributed by atoms with Crippen LogP contribution in [0.4, 0.5) is 5.69 Å². The van der Waals surface area contributed by atoms with Crippen molar-refractivity contribution in [3.05, 3.63) is 50.7 Å². The number of benzene rings is 1. The van der Waals surface area contributed by atoms with Crippen LogP contribution in [-0.4, -0.2) is 23.9 Å². The lowest BCUT2D eigenvalue weighted by Gasteiger charge is -2.20. The maximum Gasteiger partial charge on any atom is 0.254 e. The molecule has 5 heteroatoms. The maximum absolute atomic E-state index is 12.7. The van der Waals surface area contributed by atoms with E-state index in [1.54, 1.807) is 0 Å². The van der Waals surface area contributed by atoms with E-state index in [4.69, 9.17) is 11.6 Å². The second-order valence-electron chi connectivity index (χ2n) is 5.07. The molecule has 3 rings (SSSR count). The minimum absolute atomic E-state index is 0.0803. The SMILES string of the molecule is CCN(Cc1ccc(Cl)s1)C(=O)c1ccc2c(c1)CCN2. The van der Waals surface area contributed by atoms with Gasteiger partial charge < -0.3 is 10.2 Å². The van der Waals surface area contributed by atoms with Crippen molar-refractivity contribution in [1.82, 2.24) is 4.90 Å². The molecule has 110 valence electrons. The van der Waals surface area contributed by atoms with Crippen molar-refractivity contribution in [2.24, 2.45) is 0 Å². The van der Waals surface area contributed by atoms with Gasteiger partial charge in [0.1, 0.15) is 0 Å². The number of hydrogen-bond acceptors (Lipinski definition) is 3. The summed E-state index contributed by atoms with van der Waals surface area (Å²) >= 11 is 7.48. The van der Waals surface area contributed by atoms with Crippen LogP contribution in [0.15, 0.2) is 30.3 Å². The third-order valence-electron chi connectivity index (χ3n) is 3.71. The molecule has 0 atom stereocenters. The van der Waals surface area contributed by atoms with Crippen LogP contribution in [-0.2, 0) is 13.0 Å².